The maximum absolute atomic E-state index is 12.9. The zero-order valence-electron chi connectivity index (χ0n) is 12.5. The normalized spacial score (nSPS) is 28.7. The number of urea groups is 1. The van der Waals surface area contributed by atoms with E-state index < -0.39 is 12.0 Å². The molecule has 0 aromatic carbocycles. The van der Waals surface area contributed by atoms with Crippen molar-refractivity contribution in [3.63, 3.8) is 0 Å². The molecule has 3 fully saturated rings. The van der Waals surface area contributed by atoms with Gasteiger partial charge in [-0.2, -0.15) is 0 Å². The number of carbonyl (C=O) groups excluding carboxylic acids is 1. The minimum atomic E-state index is -0.871. The number of amides is 2. The van der Waals surface area contributed by atoms with E-state index in [2.05, 4.69) is 0 Å². The molecular weight excluding hydrogens is 288 g/mol. The Balaban J connectivity index is 1.72. The molecule has 2 atom stereocenters. The monoisotopic (exact) mass is 312 g/mol. The van der Waals surface area contributed by atoms with Crippen LogP contribution in [0.3, 0.4) is 0 Å². The number of thioether (sulfide) groups is 1. The van der Waals surface area contributed by atoms with E-state index in [1.165, 1.54) is 25.7 Å². The summed E-state index contributed by atoms with van der Waals surface area (Å²) in [6.07, 6.45) is 5.65. The number of hydrogen-bond donors (Lipinski definition) is 1. The summed E-state index contributed by atoms with van der Waals surface area (Å²) >= 11 is 1.60. The summed E-state index contributed by atoms with van der Waals surface area (Å²) in [4.78, 5) is 28.0. The van der Waals surface area contributed by atoms with Gasteiger partial charge in [-0.3, -0.25) is 4.90 Å². The summed E-state index contributed by atoms with van der Waals surface area (Å²) in [6, 6.07) is -0.702. The van der Waals surface area contributed by atoms with Crippen LogP contribution < -0.4 is 0 Å². The lowest BCUT2D eigenvalue weighted by Crippen LogP contribution is -2.52. The van der Waals surface area contributed by atoms with Gasteiger partial charge in [0.2, 0.25) is 0 Å². The fourth-order valence-corrected chi connectivity index (χ4v) is 4.28. The topological polar surface area (TPSA) is 60.9 Å². The van der Waals surface area contributed by atoms with Crippen LogP contribution in [0.2, 0.25) is 0 Å². The molecule has 3 aliphatic rings. The predicted molar refractivity (Wildman–Crippen MR) is 82.2 cm³/mol. The molecule has 0 spiro atoms. The van der Waals surface area contributed by atoms with Crippen molar-refractivity contribution in [3.05, 3.63) is 0 Å². The maximum atomic E-state index is 12.9. The molecule has 1 saturated heterocycles. The molecule has 1 N–H and O–H groups in total. The van der Waals surface area contributed by atoms with Crippen molar-refractivity contribution in [2.24, 2.45) is 11.8 Å². The van der Waals surface area contributed by atoms with Gasteiger partial charge in [0.05, 0.1) is 5.37 Å². The highest BCUT2D eigenvalue weighted by Gasteiger charge is 2.44. The molecule has 2 amide bonds. The molecule has 21 heavy (non-hydrogen) atoms. The van der Waals surface area contributed by atoms with Crippen LogP contribution in [0.4, 0.5) is 4.79 Å². The molecule has 0 bridgehead atoms. The van der Waals surface area contributed by atoms with Gasteiger partial charge in [0.25, 0.3) is 0 Å². The highest BCUT2D eigenvalue weighted by molar-refractivity contribution is 8.00. The van der Waals surface area contributed by atoms with Crippen molar-refractivity contribution < 1.29 is 14.7 Å². The molecule has 1 heterocycles. The lowest BCUT2D eigenvalue weighted by Gasteiger charge is -2.33. The molecule has 0 aromatic heterocycles. The first-order valence-corrected chi connectivity index (χ1v) is 9.06. The zero-order chi connectivity index (χ0) is 15.0. The van der Waals surface area contributed by atoms with Crippen LogP contribution in [0.5, 0.6) is 0 Å². The van der Waals surface area contributed by atoms with E-state index >= 15 is 0 Å². The van der Waals surface area contributed by atoms with Gasteiger partial charge in [-0.15, -0.1) is 11.8 Å². The Morgan fingerprint density at radius 2 is 1.76 bits per heavy atom. The summed E-state index contributed by atoms with van der Waals surface area (Å²) in [7, 11) is 0. The van der Waals surface area contributed by atoms with Gasteiger partial charge >= 0.3 is 12.0 Å². The number of carbonyl (C=O) groups is 2. The van der Waals surface area contributed by atoms with Gasteiger partial charge in [0.1, 0.15) is 6.04 Å². The first-order valence-electron chi connectivity index (χ1n) is 8.01. The van der Waals surface area contributed by atoms with Gasteiger partial charge in [0.15, 0.2) is 0 Å². The third-order valence-corrected chi connectivity index (χ3v) is 6.02. The third kappa shape index (κ3) is 3.47. The van der Waals surface area contributed by atoms with Crippen LogP contribution >= 0.6 is 11.8 Å². The van der Waals surface area contributed by atoms with E-state index in [4.69, 9.17) is 0 Å². The smallest absolute Gasteiger partial charge is 0.327 e. The molecule has 1 aliphatic heterocycles. The fourth-order valence-electron chi connectivity index (χ4n) is 2.94. The average molecular weight is 312 g/mol. The molecule has 2 saturated carbocycles. The van der Waals surface area contributed by atoms with E-state index in [1.807, 2.05) is 11.8 Å². The van der Waals surface area contributed by atoms with Crippen molar-refractivity contribution in [1.29, 1.82) is 0 Å². The highest BCUT2D eigenvalue weighted by atomic mass is 32.2. The van der Waals surface area contributed by atoms with E-state index in [0.29, 0.717) is 17.6 Å². The van der Waals surface area contributed by atoms with E-state index in [9.17, 15) is 14.7 Å². The Labute approximate surface area is 130 Å². The van der Waals surface area contributed by atoms with Crippen LogP contribution in [-0.2, 0) is 4.79 Å². The van der Waals surface area contributed by atoms with Crippen molar-refractivity contribution in [1.82, 2.24) is 9.80 Å². The number of rotatable bonds is 6. The SMILES string of the molecule is CCC1SCC(C(=O)O)N1C(=O)N(CC1CC1)CC1CC1. The Kier molecular flexibility index (Phi) is 4.33. The van der Waals surface area contributed by atoms with Gasteiger partial charge in [-0.05, 0) is 43.9 Å². The molecule has 3 rings (SSSR count). The minimum Gasteiger partial charge on any atom is -0.480 e. The predicted octanol–water partition coefficient (Wildman–Crippen LogP) is 2.47. The Morgan fingerprint density at radius 1 is 1.19 bits per heavy atom. The van der Waals surface area contributed by atoms with Crippen LogP contribution in [0.1, 0.15) is 39.0 Å². The molecule has 0 radical (unpaired) electrons. The lowest BCUT2D eigenvalue weighted by molar-refractivity contribution is -0.141. The molecule has 6 heteroatoms. The van der Waals surface area contributed by atoms with Gasteiger partial charge in [0, 0.05) is 18.8 Å². The quantitative estimate of drug-likeness (QED) is 0.818. The summed E-state index contributed by atoms with van der Waals surface area (Å²) in [5.41, 5.74) is 0. The molecule has 118 valence electrons. The third-order valence-electron chi connectivity index (χ3n) is 4.57. The Hall–Kier alpha value is -0.910. The van der Waals surface area contributed by atoms with Crippen LogP contribution in [0.15, 0.2) is 0 Å². The highest BCUT2D eigenvalue weighted by Crippen LogP contribution is 2.37. The molecular formula is C15H24N2O3S. The largest absolute Gasteiger partial charge is 0.480 e. The summed E-state index contributed by atoms with van der Waals surface area (Å²) < 4.78 is 0. The van der Waals surface area contributed by atoms with Crippen molar-refractivity contribution in [2.75, 3.05) is 18.8 Å². The molecule has 5 nitrogen and oxygen atoms in total. The van der Waals surface area contributed by atoms with Crippen LogP contribution in [0.25, 0.3) is 0 Å². The van der Waals surface area contributed by atoms with Crippen LogP contribution in [0, 0.1) is 11.8 Å². The molecule has 2 unspecified atom stereocenters. The summed E-state index contributed by atoms with van der Waals surface area (Å²) in [5.74, 6) is 0.933. The van der Waals surface area contributed by atoms with Gasteiger partial charge < -0.3 is 10.0 Å². The number of hydrogen-bond acceptors (Lipinski definition) is 3. The lowest BCUT2D eigenvalue weighted by atomic mass is 10.2. The molecule has 2 aliphatic carbocycles. The fraction of sp³-hybridized carbons (Fsp3) is 0.867. The number of nitrogens with zero attached hydrogens (tertiary/aromatic N) is 2. The van der Waals surface area contributed by atoms with Gasteiger partial charge in [-0.25, -0.2) is 9.59 Å². The minimum absolute atomic E-state index is 0.0134. The van der Waals surface area contributed by atoms with E-state index in [0.717, 1.165) is 19.5 Å². The summed E-state index contributed by atoms with van der Waals surface area (Å²) in [5, 5.41) is 9.40. The Bertz CT molecular complexity index is 409. The first-order chi connectivity index (χ1) is 10.1. The van der Waals surface area contributed by atoms with Crippen LogP contribution in [-0.4, -0.2) is 57.2 Å². The van der Waals surface area contributed by atoms with Crippen molar-refractivity contribution >= 4 is 23.8 Å². The number of carboxylic acids is 1. The second-order valence-corrected chi connectivity index (χ2v) is 7.74. The summed E-state index contributed by atoms with van der Waals surface area (Å²) in [6.45, 7) is 3.66. The van der Waals surface area contributed by atoms with Gasteiger partial charge in [-0.1, -0.05) is 6.92 Å². The average Bonchev–Trinajstić information content (AvgIpc) is 3.37. The second kappa shape index (κ2) is 6.07. The number of aliphatic carboxylic acids is 1. The van der Waals surface area contributed by atoms with Crippen molar-refractivity contribution in [3.8, 4) is 0 Å². The standard InChI is InChI=1S/C15H24N2O3S/c1-2-13-17(12(9-21-13)14(18)19)15(20)16(7-10-3-4-10)8-11-5-6-11/h10-13H,2-9H2,1H3,(H,18,19). The van der Waals surface area contributed by atoms with Crippen molar-refractivity contribution in [2.45, 2.75) is 50.4 Å². The Morgan fingerprint density at radius 3 is 2.19 bits per heavy atom. The van der Waals surface area contributed by atoms with E-state index in [-0.39, 0.29) is 11.4 Å². The second-order valence-electron chi connectivity index (χ2n) is 6.53. The maximum Gasteiger partial charge on any atom is 0.327 e. The number of carboxylic acid groups (broad SMARTS) is 1. The molecule has 0 aromatic rings. The first kappa shape index (κ1) is 15.0. The van der Waals surface area contributed by atoms with E-state index in [1.54, 1.807) is 16.7 Å². The zero-order valence-corrected chi connectivity index (χ0v) is 13.3.